The molecule has 0 aliphatic carbocycles. The van der Waals surface area contributed by atoms with Gasteiger partial charge in [0.15, 0.2) is 0 Å². The van der Waals surface area contributed by atoms with Gasteiger partial charge in [0.05, 0.1) is 53.8 Å². The number of rotatable bonds is 7. The Labute approximate surface area is 236 Å². The molecule has 1 fully saturated rings. The summed E-state index contributed by atoms with van der Waals surface area (Å²) in [6, 6.07) is 6.48. The number of aromatic hydroxyl groups is 2. The fourth-order valence-corrected chi connectivity index (χ4v) is 3.50. The molecule has 1 aromatic heterocycles. The number of aromatic nitrogens is 1. The molecule has 22 nitrogen and oxygen atoms in total. The molecule has 1 saturated heterocycles. The number of hydrogen-bond acceptors (Lipinski definition) is 16. The molecule has 43 heavy (non-hydrogen) atoms. The molecule has 1 aliphatic heterocycles. The maximum absolute atomic E-state index is 10.4. The van der Waals surface area contributed by atoms with Gasteiger partial charge in [-0.3, -0.25) is 65.7 Å². The van der Waals surface area contributed by atoms with E-state index >= 15 is 0 Å². The van der Waals surface area contributed by atoms with Gasteiger partial charge in [0.25, 0.3) is 22.9 Å². The Morgan fingerprint density at radius 3 is 1.33 bits per heavy atom. The number of nitrogens with one attached hydrogen (secondary N) is 1. The molecule has 1 aliphatic rings. The van der Waals surface area contributed by atoms with Crippen LogP contribution < -0.4 is 5.32 Å². The second-order valence-electron chi connectivity index (χ2n) is 8.14. The number of pyridine rings is 1. The quantitative estimate of drug-likeness (QED) is 0.254. The lowest BCUT2D eigenvalue weighted by Crippen LogP contribution is -2.12. The average molecular weight is 606 g/mol. The minimum atomic E-state index is -1.21. The van der Waals surface area contributed by atoms with Crippen LogP contribution in [0.3, 0.4) is 0 Å². The van der Waals surface area contributed by atoms with E-state index in [2.05, 4.69) is 16.4 Å². The second kappa shape index (κ2) is 14.3. The van der Waals surface area contributed by atoms with Crippen LogP contribution in [0.4, 0.5) is 34.1 Å². The molecule has 3 aromatic rings. The van der Waals surface area contributed by atoms with E-state index in [0.29, 0.717) is 30.3 Å². The van der Waals surface area contributed by atoms with Crippen LogP contribution in [0.2, 0.25) is 0 Å². The molecule has 0 amide bonds. The zero-order valence-corrected chi connectivity index (χ0v) is 21.2. The van der Waals surface area contributed by atoms with Crippen LogP contribution in [-0.4, -0.2) is 51.3 Å². The third-order valence-corrected chi connectivity index (χ3v) is 5.46. The number of nitrogens with zero attached hydrogens (tertiary/aromatic N) is 7. The van der Waals surface area contributed by atoms with Crippen LogP contribution in [-0.2, 0) is 0 Å². The van der Waals surface area contributed by atoms with Crippen molar-refractivity contribution in [3.63, 3.8) is 0 Å². The van der Waals surface area contributed by atoms with Crippen LogP contribution in [0.15, 0.2) is 48.8 Å². The molecule has 0 spiro atoms. The average Bonchev–Trinajstić information content (AvgIpc) is 3.49. The summed E-state index contributed by atoms with van der Waals surface area (Å²) in [5.41, 5.74) is -4.68. The van der Waals surface area contributed by atoms with Crippen LogP contribution in [0.5, 0.6) is 11.5 Å². The predicted molar refractivity (Wildman–Crippen MR) is 140 cm³/mol. The van der Waals surface area contributed by atoms with E-state index in [1.54, 1.807) is 0 Å². The van der Waals surface area contributed by atoms with Gasteiger partial charge in [-0.2, -0.15) is 0 Å². The fraction of sp³-hybridized carbons (Fsp3) is 0.190. The summed E-state index contributed by atoms with van der Waals surface area (Å²) in [7, 11) is 0. The molecule has 0 saturated carbocycles. The summed E-state index contributed by atoms with van der Waals surface area (Å²) in [4.78, 5) is 59.6. The molecular formula is C21H18N8O14. The van der Waals surface area contributed by atoms with Gasteiger partial charge in [-0.05, 0) is 31.0 Å². The fourth-order valence-electron chi connectivity index (χ4n) is 3.50. The first-order valence-electron chi connectivity index (χ1n) is 11.4. The Morgan fingerprint density at radius 1 is 0.674 bits per heavy atom. The molecule has 1 unspecified atom stereocenters. The molecule has 0 radical (unpaired) electrons. The van der Waals surface area contributed by atoms with Crippen molar-refractivity contribution in [2.24, 2.45) is 0 Å². The molecule has 1 atom stereocenters. The van der Waals surface area contributed by atoms with Gasteiger partial charge in [-0.1, -0.05) is 6.07 Å². The number of benzene rings is 2. The third-order valence-electron chi connectivity index (χ3n) is 5.46. The normalized spacial score (nSPS) is 13.3. The molecule has 2 aromatic carbocycles. The van der Waals surface area contributed by atoms with Crippen molar-refractivity contribution in [1.29, 1.82) is 0 Å². The predicted octanol–water partition coefficient (Wildman–Crippen LogP) is 3.74. The lowest BCUT2D eigenvalue weighted by Gasteiger charge is -2.08. The van der Waals surface area contributed by atoms with E-state index in [-0.39, 0.29) is 0 Å². The molecule has 4 rings (SSSR count). The molecule has 3 N–H and O–H groups in total. The summed E-state index contributed by atoms with van der Waals surface area (Å²) in [6.45, 7) is 1.15. The number of phenols is 2. The highest BCUT2D eigenvalue weighted by Crippen LogP contribution is 2.40. The van der Waals surface area contributed by atoms with Crippen molar-refractivity contribution in [1.82, 2.24) is 10.3 Å². The molecule has 226 valence electrons. The Kier molecular flexibility index (Phi) is 10.9. The molecule has 22 heteroatoms. The maximum Gasteiger partial charge on any atom is 0.324 e. The van der Waals surface area contributed by atoms with Crippen LogP contribution in [0, 0.1) is 60.7 Å². The van der Waals surface area contributed by atoms with Gasteiger partial charge in [0, 0.05) is 18.4 Å². The first-order chi connectivity index (χ1) is 20.1. The van der Waals surface area contributed by atoms with E-state index in [4.69, 9.17) is 10.2 Å². The highest BCUT2D eigenvalue weighted by molar-refractivity contribution is 5.65. The van der Waals surface area contributed by atoms with Crippen molar-refractivity contribution in [2.75, 3.05) is 6.54 Å². The van der Waals surface area contributed by atoms with Gasteiger partial charge in [-0.25, -0.2) is 0 Å². The van der Waals surface area contributed by atoms with Gasteiger partial charge in [0.2, 0.25) is 0 Å². The smallest absolute Gasteiger partial charge is 0.324 e. The van der Waals surface area contributed by atoms with E-state index in [0.717, 1.165) is 6.54 Å². The molecule has 2 heterocycles. The first-order valence-corrected chi connectivity index (χ1v) is 11.4. The third kappa shape index (κ3) is 8.52. The van der Waals surface area contributed by atoms with Crippen LogP contribution in [0.25, 0.3) is 0 Å². The van der Waals surface area contributed by atoms with Crippen molar-refractivity contribution in [3.05, 3.63) is 115 Å². The van der Waals surface area contributed by atoms with Gasteiger partial charge in [0.1, 0.15) is 0 Å². The largest absolute Gasteiger partial charge is 0.497 e. The molecular weight excluding hydrogens is 588 g/mol. The van der Waals surface area contributed by atoms with Crippen molar-refractivity contribution < 1.29 is 39.8 Å². The van der Waals surface area contributed by atoms with Crippen LogP contribution in [0.1, 0.15) is 24.4 Å². The van der Waals surface area contributed by atoms with E-state index in [9.17, 15) is 60.7 Å². The highest BCUT2D eigenvalue weighted by atomic mass is 16.7. The number of phenolic OH excluding ortho intramolecular Hbond substituents is 2. The summed E-state index contributed by atoms with van der Waals surface area (Å²) in [6.07, 6.45) is 6.31. The van der Waals surface area contributed by atoms with Crippen molar-refractivity contribution in [2.45, 2.75) is 18.9 Å². The molecule has 0 bridgehead atoms. The number of hydrogen-bond donors (Lipinski definition) is 3. The topological polar surface area (TPSA) is 324 Å². The second-order valence-corrected chi connectivity index (χ2v) is 8.14. The standard InChI is InChI=1S/C9H12N2.2C6H3N3O7/c1-3-8(7-10-5-1)9-4-2-6-11-9;2*10-6-4(8(13)14)1-3(7(11)12)2-5(6)9(15)16/h1,3,5,7,9,11H,2,4,6H2;2*1-2,10H. The minimum absolute atomic E-state index is 0.447. The summed E-state index contributed by atoms with van der Waals surface area (Å²) in [5.74, 6) is -2.42. The Morgan fingerprint density at radius 2 is 1.07 bits per heavy atom. The summed E-state index contributed by atoms with van der Waals surface area (Å²) in [5, 5.41) is 83.9. The van der Waals surface area contributed by atoms with E-state index in [1.165, 1.54) is 18.4 Å². The first kappa shape index (κ1) is 32.8. The monoisotopic (exact) mass is 606 g/mol. The lowest BCUT2D eigenvalue weighted by atomic mass is 10.1. The summed E-state index contributed by atoms with van der Waals surface area (Å²) < 4.78 is 0. The van der Waals surface area contributed by atoms with E-state index in [1.807, 2.05) is 18.5 Å². The summed E-state index contributed by atoms with van der Waals surface area (Å²) >= 11 is 0. The van der Waals surface area contributed by atoms with Crippen molar-refractivity contribution in [3.8, 4) is 11.5 Å². The number of nitro groups is 6. The number of non-ortho nitro benzene ring substituents is 2. The maximum atomic E-state index is 10.4. The lowest BCUT2D eigenvalue weighted by molar-refractivity contribution is -0.404. The van der Waals surface area contributed by atoms with E-state index < -0.39 is 75.2 Å². The van der Waals surface area contributed by atoms with Gasteiger partial charge >= 0.3 is 22.7 Å². The Balaban J connectivity index is 0.000000229. The van der Waals surface area contributed by atoms with Crippen molar-refractivity contribution >= 4 is 34.1 Å². The van der Waals surface area contributed by atoms with Gasteiger partial charge in [-0.15, -0.1) is 0 Å². The SMILES string of the molecule is O=[N+]([O-])c1cc([N+](=O)[O-])c(O)c([N+](=O)[O-])c1.O=[N+]([O-])c1cc([N+](=O)[O-])c(O)c([N+](=O)[O-])c1.c1cncc(C2CCCN2)c1. The Bertz CT molecular complexity index is 1420. The van der Waals surface area contributed by atoms with Gasteiger partial charge < -0.3 is 15.5 Å². The zero-order valence-electron chi connectivity index (χ0n) is 21.2. The Hall–Kier alpha value is -6.45. The van der Waals surface area contributed by atoms with Crippen LogP contribution >= 0.6 is 0 Å². The highest BCUT2D eigenvalue weighted by Gasteiger charge is 2.31. The minimum Gasteiger partial charge on any atom is -0.497 e. The number of nitro benzene ring substituents is 6. The zero-order chi connectivity index (χ0) is 32.4.